The molecule has 1 saturated heterocycles. The summed E-state index contributed by atoms with van der Waals surface area (Å²) in [4.78, 5) is 13.4. The van der Waals surface area contributed by atoms with E-state index in [0.29, 0.717) is 0 Å². The molecule has 0 amide bonds. The van der Waals surface area contributed by atoms with Gasteiger partial charge in [-0.15, -0.1) is 0 Å². The highest BCUT2D eigenvalue weighted by Gasteiger charge is 2.55. The number of ether oxygens (including phenoxy) is 1. The summed E-state index contributed by atoms with van der Waals surface area (Å²) < 4.78 is 19.3. The average Bonchev–Trinajstić information content (AvgIpc) is 2.64. The topological polar surface area (TPSA) is 108 Å². The highest BCUT2D eigenvalue weighted by Crippen LogP contribution is 2.37. The van der Waals surface area contributed by atoms with E-state index in [2.05, 4.69) is 4.98 Å². The van der Waals surface area contributed by atoms with Crippen molar-refractivity contribution in [3.8, 4) is 0 Å². The van der Waals surface area contributed by atoms with E-state index >= 15 is 0 Å². The van der Waals surface area contributed by atoms with E-state index in [1.807, 2.05) is 0 Å². The molecule has 0 aromatic carbocycles. The summed E-state index contributed by atoms with van der Waals surface area (Å²) in [5, 5.41) is 28.8. The second-order valence-electron chi connectivity index (χ2n) is 4.32. The molecule has 7 nitrogen and oxygen atoms in total. The average molecular weight is 292 g/mol. The van der Waals surface area contributed by atoms with Gasteiger partial charge in [-0.2, -0.15) is 0 Å². The van der Waals surface area contributed by atoms with Gasteiger partial charge in [-0.05, 0) is 12.2 Å². The van der Waals surface area contributed by atoms with Crippen molar-refractivity contribution in [1.29, 1.82) is 0 Å². The molecule has 0 bridgehead atoms. The standard InChI is InChI=1S/C10H13FN2O5S/c11-3-10(4-14)7(17)6(16)8(18-10)13-2-1-5(15)12-9(13)19/h1-2,6-8,14,16-17H,3-4H2,(H,12,15,19)/t6-,7+,8-,10-/m1/s1. The zero-order valence-electron chi connectivity index (χ0n) is 9.69. The molecule has 0 spiro atoms. The van der Waals surface area contributed by atoms with Crippen LogP contribution in [0.1, 0.15) is 6.23 Å². The first-order chi connectivity index (χ1) is 8.95. The van der Waals surface area contributed by atoms with E-state index < -0.39 is 42.9 Å². The highest BCUT2D eigenvalue weighted by atomic mass is 32.1. The molecule has 1 aromatic rings. The summed E-state index contributed by atoms with van der Waals surface area (Å²) in [5.74, 6) is 0. The lowest BCUT2D eigenvalue weighted by atomic mass is 9.98. The maximum absolute atomic E-state index is 13.0. The van der Waals surface area contributed by atoms with Crippen molar-refractivity contribution in [2.24, 2.45) is 0 Å². The van der Waals surface area contributed by atoms with Crippen LogP contribution in [0.25, 0.3) is 0 Å². The predicted molar refractivity (Wildman–Crippen MR) is 63.8 cm³/mol. The van der Waals surface area contributed by atoms with Gasteiger partial charge in [-0.25, -0.2) is 4.39 Å². The molecule has 1 aliphatic heterocycles. The number of halogens is 1. The van der Waals surface area contributed by atoms with E-state index in [9.17, 15) is 19.4 Å². The number of aromatic nitrogens is 2. The van der Waals surface area contributed by atoms with Crippen molar-refractivity contribution < 1.29 is 24.4 Å². The lowest BCUT2D eigenvalue weighted by molar-refractivity contribution is -0.138. The van der Waals surface area contributed by atoms with Crippen molar-refractivity contribution in [1.82, 2.24) is 9.55 Å². The Morgan fingerprint density at radius 1 is 1.58 bits per heavy atom. The molecule has 106 valence electrons. The number of hydrogen-bond donors (Lipinski definition) is 4. The fourth-order valence-corrected chi connectivity index (χ4v) is 2.25. The minimum absolute atomic E-state index is 0.0450. The number of nitrogens with one attached hydrogen (secondary N) is 1. The number of H-pyrrole nitrogens is 1. The molecule has 0 aliphatic carbocycles. The summed E-state index contributed by atoms with van der Waals surface area (Å²) in [6.07, 6.45) is -3.03. The molecule has 1 fully saturated rings. The lowest BCUT2D eigenvalue weighted by Crippen LogP contribution is -2.48. The first-order valence-corrected chi connectivity index (χ1v) is 5.88. The van der Waals surface area contributed by atoms with Crippen LogP contribution in [0.4, 0.5) is 4.39 Å². The van der Waals surface area contributed by atoms with Crippen molar-refractivity contribution >= 4 is 12.2 Å². The molecule has 0 unspecified atom stereocenters. The van der Waals surface area contributed by atoms with Crippen LogP contribution in [0.2, 0.25) is 0 Å². The van der Waals surface area contributed by atoms with Crippen molar-refractivity contribution in [3.63, 3.8) is 0 Å². The van der Waals surface area contributed by atoms with Gasteiger partial charge in [-0.3, -0.25) is 14.3 Å². The van der Waals surface area contributed by atoms with Gasteiger partial charge in [0.15, 0.2) is 16.6 Å². The van der Waals surface area contributed by atoms with Crippen LogP contribution in [-0.4, -0.2) is 56.0 Å². The molecule has 4 N–H and O–H groups in total. The zero-order valence-corrected chi connectivity index (χ0v) is 10.5. The first kappa shape index (κ1) is 14.3. The Morgan fingerprint density at radius 2 is 2.26 bits per heavy atom. The third kappa shape index (κ3) is 2.23. The molecule has 0 saturated carbocycles. The summed E-state index contributed by atoms with van der Waals surface area (Å²) in [5.41, 5.74) is -2.33. The Balaban J connectivity index is 2.42. The largest absolute Gasteiger partial charge is 0.393 e. The Kier molecular flexibility index (Phi) is 3.83. The van der Waals surface area contributed by atoms with Gasteiger partial charge in [0.2, 0.25) is 0 Å². The van der Waals surface area contributed by atoms with Crippen LogP contribution in [0.15, 0.2) is 17.1 Å². The summed E-state index contributed by atoms with van der Waals surface area (Å²) in [6, 6.07) is 1.15. The summed E-state index contributed by atoms with van der Waals surface area (Å²) in [7, 11) is 0. The van der Waals surface area contributed by atoms with Gasteiger partial charge in [0.1, 0.15) is 18.9 Å². The third-order valence-corrected chi connectivity index (χ3v) is 3.44. The van der Waals surface area contributed by atoms with Gasteiger partial charge < -0.3 is 20.1 Å². The number of aliphatic hydroxyl groups is 3. The quantitative estimate of drug-likeness (QED) is 0.524. The van der Waals surface area contributed by atoms with E-state index in [4.69, 9.17) is 22.1 Å². The molecule has 2 rings (SSSR count). The van der Waals surface area contributed by atoms with Crippen LogP contribution < -0.4 is 5.56 Å². The lowest BCUT2D eigenvalue weighted by Gasteiger charge is -2.26. The minimum Gasteiger partial charge on any atom is -0.393 e. The molecule has 0 radical (unpaired) electrons. The molecule has 1 aromatic heterocycles. The Bertz CT molecular complexity index is 570. The molecular formula is C10H13FN2O5S. The third-order valence-electron chi connectivity index (χ3n) is 3.13. The van der Waals surface area contributed by atoms with Gasteiger partial charge in [0, 0.05) is 12.3 Å². The Labute approximate surface area is 111 Å². The van der Waals surface area contributed by atoms with Crippen LogP contribution in [0.5, 0.6) is 0 Å². The van der Waals surface area contributed by atoms with Crippen LogP contribution in [-0.2, 0) is 4.74 Å². The monoisotopic (exact) mass is 292 g/mol. The number of rotatable bonds is 3. The highest BCUT2D eigenvalue weighted by molar-refractivity contribution is 7.71. The van der Waals surface area contributed by atoms with Crippen molar-refractivity contribution in [3.05, 3.63) is 27.4 Å². The number of aromatic amines is 1. The summed E-state index contributed by atoms with van der Waals surface area (Å²) >= 11 is 4.89. The van der Waals surface area contributed by atoms with Crippen LogP contribution >= 0.6 is 12.2 Å². The first-order valence-electron chi connectivity index (χ1n) is 5.47. The number of hydrogen-bond acceptors (Lipinski definition) is 6. The fraction of sp³-hybridized carbons (Fsp3) is 0.600. The SMILES string of the molecule is O=c1ccn([C@@H]2O[C@@](CO)(CF)[C@@H](O)[C@H]2O)c(=S)[nH]1. The molecule has 1 aliphatic rings. The predicted octanol–water partition coefficient (Wildman–Crippen LogP) is -1.14. The number of aliphatic hydroxyl groups excluding tert-OH is 3. The van der Waals surface area contributed by atoms with Crippen LogP contribution in [0.3, 0.4) is 0 Å². The maximum Gasteiger partial charge on any atom is 0.251 e. The van der Waals surface area contributed by atoms with Gasteiger partial charge >= 0.3 is 0 Å². The van der Waals surface area contributed by atoms with E-state index in [1.165, 1.54) is 10.8 Å². The summed E-state index contributed by atoms with van der Waals surface area (Å²) in [6.45, 7) is -1.97. The van der Waals surface area contributed by atoms with E-state index in [0.717, 1.165) is 6.07 Å². The van der Waals surface area contributed by atoms with Crippen LogP contribution in [0, 0.1) is 4.77 Å². The van der Waals surface area contributed by atoms with E-state index in [-0.39, 0.29) is 4.77 Å². The molecule has 4 atom stereocenters. The Morgan fingerprint density at radius 3 is 2.74 bits per heavy atom. The number of alkyl halides is 1. The van der Waals surface area contributed by atoms with Crippen molar-refractivity contribution in [2.75, 3.05) is 13.3 Å². The van der Waals surface area contributed by atoms with E-state index in [1.54, 1.807) is 0 Å². The zero-order chi connectivity index (χ0) is 14.2. The normalized spacial score (nSPS) is 34.6. The van der Waals surface area contributed by atoms with Gasteiger partial charge in [0.25, 0.3) is 5.56 Å². The molecule has 19 heavy (non-hydrogen) atoms. The number of nitrogens with zero attached hydrogens (tertiary/aromatic N) is 1. The Hall–Kier alpha value is -1.13. The fourth-order valence-electron chi connectivity index (χ4n) is 1.98. The molecule has 9 heteroatoms. The maximum atomic E-state index is 13.0. The smallest absolute Gasteiger partial charge is 0.251 e. The second kappa shape index (κ2) is 5.10. The molecular weight excluding hydrogens is 279 g/mol. The second-order valence-corrected chi connectivity index (χ2v) is 4.70. The molecule has 2 heterocycles. The minimum atomic E-state index is -1.89. The van der Waals surface area contributed by atoms with Crippen molar-refractivity contribution in [2.45, 2.75) is 24.0 Å². The van der Waals surface area contributed by atoms with Gasteiger partial charge in [0.05, 0.1) is 6.61 Å². The van der Waals surface area contributed by atoms with Gasteiger partial charge in [-0.1, -0.05) is 0 Å².